The zero-order chi connectivity index (χ0) is 8.27. The summed E-state index contributed by atoms with van der Waals surface area (Å²) in [7, 11) is 0. The first kappa shape index (κ1) is 8.20. The molecule has 1 aromatic rings. The van der Waals surface area contributed by atoms with E-state index in [0.29, 0.717) is 0 Å². The van der Waals surface area contributed by atoms with Crippen molar-refractivity contribution in [2.45, 2.75) is 12.3 Å². The van der Waals surface area contributed by atoms with Crippen molar-refractivity contribution in [3.63, 3.8) is 0 Å². The summed E-state index contributed by atoms with van der Waals surface area (Å²) in [6.07, 6.45) is -1.49. The van der Waals surface area contributed by atoms with Crippen LogP contribution >= 0.6 is 0 Å². The van der Waals surface area contributed by atoms with Gasteiger partial charge >= 0.3 is 0 Å². The van der Waals surface area contributed by atoms with Gasteiger partial charge in [-0.3, -0.25) is 0 Å². The normalized spacial score (nSPS) is 13.5. The highest BCUT2D eigenvalue weighted by Gasteiger charge is 2.11. The molecular weight excluding hydrogens is 142 g/mol. The van der Waals surface area contributed by atoms with Gasteiger partial charge in [-0.05, 0) is 5.56 Å². The Hall–Kier alpha value is -0.900. The van der Waals surface area contributed by atoms with E-state index in [9.17, 15) is 0 Å². The molecule has 0 amide bonds. The molecule has 1 aromatic carbocycles. The summed E-state index contributed by atoms with van der Waals surface area (Å²) < 4.78 is 0. The lowest BCUT2D eigenvalue weighted by Gasteiger charge is -2.12. The average Bonchev–Trinajstić information content (AvgIpc) is 2.05. The second-order valence-electron chi connectivity index (χ2n) is 2.35. The number of nitrogens with two attached hydrogens (primary N) is 1. The van der Waals surface area contributed by atoms with Gasteiger partial charge < -0.3 is 15.9 Å². The number of benzene rings is 1. The Labute approximate surface area is 65.1 Å². The van der Waals surface area contributed by atoms with Crippen molar-refractivity contribution < 1.29 is 10.2 Å². The van der Waals surface area contributed by atoms with E-state index < -0.39 is 12.3 Å². The molecule has 0 radical (unpaired) electrons. The first-order valence-electron chi connectivity index (χ1n) is 3.38. The zero-order valence-electron chi connectivity index (χ0n) is 6.01. The highest BCUT2D eigenvalue weighted by atomic mass is 16.5. The maximum absolute atomic E-state index is 8.70. The maximum Gasteiger partial charge on any atom is 0.171 e. The topological polar surface area (TPSA) is 66.5 Å². The van der Waals surface area contributed by atoms with Gasteiger partial charge in [-0.2, -0.15) is 0 Å². The lowest BCUT2D eigenvalue weighted by molar-refractivity contribution is -0.0589. The van der Waals surface area contributed by atoms with Crippen molar-refractivity contribution in [3.05, 3.63) is 35.9 Å². The largest absolute Gasteiger partial charge is 0.366 e. The Morgan fingerprint density at radius 3 is 2.09 bits per heavy atom. The molecular formula is C8H11NO2. The van der Waals surface area contributed by atoms with Crippen LogP contribution in [0.4, 0.5) is 0 Å². The van der Waals surface area contributed by atoms with Crippen LogP contribution in [0.2, 0.25) is 0 Å². The Morgan fingerprint density at radius 1 is 1.09 bits per heavy atom. The molecule has 0 spiro atoms. The zero-order valence-corrected chi connectivity index (χ0v) is 6.01. The summed E-state index contributed by atoms with van der Waals surface area (Å²) in [5.41, 5.74) is 6.16. The van der Waals surface area contributed by atoms with Gasteiger partial charge in [0.1, 0.15) is 0 Å². The predicted octanol–water partition coefficient (Wildman–Crippen LogP) is -0.00290. The minimum Gasteiger partial charge on any atom is -0.366 e. The van der Waals surface area contributed by atoms with Crippen LogP contribution in [0.25, 0.3) is 0 Å². The molecule has 1 rings (SSSR count). The fraction of sp³-hybridized carbons (Fsp3) is 0.250. The van der Waals surface area contributed by atoms with Crippen molar-refractivity contribution in [1.82, 2.24) is 0 Å². The molecule has 3 nitrogen and oxygen atoms in total. The molecule has 11 heavy (non-hydrogen) atoms. The molecule has 0 bridgehead atoms. The van der Waals surface area contributed by atoms with E-state index in [1.807, 2.05) is 6.07 Å². The fourth-order valence-electron chi connectivity index (χ4n) is 0.847. The first-order chi connectivity index (χ1) is 5.22. The third kappa shape index (κ3) is 2.01. The average molecular weight is 153 g/mol. The van der Waals surface area contributed by atoms with E-state index >= 15 is 0 Å². The van der Waals surface area contributed by atoms with Crippen molar-refractivity contribution in [1.29, 1.82) is 0 Å². The molecule has 0 aliphatic rings. The van der Waals surface area contributed by atoms with Crippen LogP contribution in [0.1, 0.15) is 11.6 Å². The van der Waals surface area contributed by atoms with Crippen molar-refractivity contribution in [2.75, 3.05) is 0 Å². The highest BCUT2D eigenvalue weighted by Crippen LogP contribution is 2.11. The van der Waals surface area contributed by atoms with E-state index in [0.717, 1.165) is 5.56 Å². The number of hydrogen-bond donors (Lipinski definition) is 3. The van der Waals surface area contributed by atoms with Gasteiger partial charge in [-0.25, -0.2) is 0 Å². The quantitative estimate of drug-likeness (QED) is 0.524. The smallest absolute Gasteiger partial charge is 0.171 e. The second kappa shape index (κ2) is 3.48. The molecule has 60 valence electrons. The van der Waals surface area contributed by atoms with E-state index in [1.54, 1.807) is 24.3 Å². The molecule has 0 unspecified atom stereocenters. The minimum absolute atomic E-state index is 0.712. The Balaban J connectivity index is 2.77. The SMILES string of the molecule is N[C@H](c1ccccc1)C(O)O. The predicted molar refractivity (Wildman–Crippen MR) is 41.6 cm³/mol. The molecule has 0 aliphatic carbocycles. The van der Waals surface area contributed by atoms with E-state index in [2.05, 4.69) is 0 Å². The Bertz CT molecular complexity index is 211. The van der Waals surface area contributed by atoms with Crippen molar-refractivity contribution >= 4 is 0 Å². The molecule has 0 aliphatic heterocycles. The number of rotatable bonds is 2. The highest BCUT2D eigenvalue weighted by molar-refractivity contribution is 5.18. The summed E-state index contributed by atoms with van der Waals surface area (Å²) in [6, 6.07) is 8.25. The lowest BCUT2D eigenvalue weighted by atomic mass is 10.1. The van der Waals surface area contributed by atoms with Crippen LogP contribution in [-0.4, -0.2) is 16.5 Å². The van der Waals surface area contributed by atoms with Gasteiger partial charge in [-0.15, -0.1) is 0 Å². The first-order valence-corrected chi connectivity index (χ1v) is 3.38. The molecule has 3 heteroatoms. The Kier molecular flexibility index (Phi) is 2.59. The van der Waals surface area contributed by atoms with Crippen LogP contribution in [0, 0.1) is 0 Å². The lowest BCUT2D eigenvalue weighted by Crippen LogP contribution is -2.25. The third-order valence-corrected chi connectivity index (χ3v) is 1.51. The molecule has 1 atom stereocenters. The van der Waals surface area contributed by atoms with Gasteiger partial charge in [0, 0.05) is 0 Å². The summed E-state index contributed by atoms with van der Waals surface area (Å²) in [6.45, 7) is 0. The monoisotopic (exact) mass is 153 g/mol. The molecule has 0 saturated carbocycles. The Morgan fingerprint density at radius 2 is 1.64 bits per heavy atom. The molecule has 4 N–H and O–H groups in total. The second-order valence-corrected chi connectivity index (χ2v) is 2.35. The fourth-order valence-corrected chi connectivity index (χ4v) is 0.847. The van der Waals surface area contributed by atoms with Crippen LogP contribution in [-0.2, 0) is 0 Å². The number of hydrogen-bond acceptors (Lipinski definition) is 3. The standard InChI is InChI=1S/C8H11NO2/c9-7(8(10)11)6-4-2-1-3-5-6/h1-5,7-8,10-11H,9H2/t7-/m1/s1. The molecule has 0 saturated heterocycles. The summed E-state index contributed by atoms with van der Waals surface area (Å²) in [4.78, 5) is 0. The summed E-state index contributed by atoms with van der Waals surface area (Å²) in [5.74, 6) is 0. The van der Waals surface area contributed by atoms with Gasteiger partial charge in [0.2, 0.25) is 0 Å². The summed E-state index contributed by atoms with van der Waals surface area (Å²) in [5, 5.41) is 17.4. The minimum atomic E-state index is -1.49. The molecule has 0 aromatic heterocycles. The van der Waals surface area contributed by atoms with Crippen LogP contribution in [0.5, 0.6) is 0 Å². The number of aliphatic hydroxyl groups excluding tert-OH is 1. The molecule has 0 fully saturated rings. The van der Waals surface area contributed by atoms with Crippen LogP contribution in [0.15, 0.2) is 30.3 Å². The van der Waals surface area contributed by atoms with Gasteiger partial charge in [0.25, 0.3) is 0 Å². The van der Waals surface area contributed by atoms with Crippen molar-refractivity contribution in [2.24, 2.45) is 5.73 Å². The van der Waals surface area contributed by atoms with E-state index in [4.69, 9.17) is 15.9 Å². The van der Waals surface area contributed by atoms with Gasteiger partial charge in [0.05, 0.1) is 6.04 Å². The van der Waals surface area contributed by atoms with Crippen LogP contribution in [0.3, 0.4) is 0 Å². The van der Waals surface area contributed by atoms with Gasteiger partial charge in [0.15, 0.2) is 6.29 Å². The molecule has 0 heterocycles. The van der Waals surface area contributed by atoms with Crippen molar-refractivity contribution in [3.8, 4) is 0 Å². The summed E-state index contributed by atoms with van der Waals surface area (Å²) >= 11 is 0. The third-order valence-electron chi connectivity index (χ3n) is 1.51. The maximum atomic E-state index is 8.70. The van der Waals surface area contributed by atoms with Gasteiger partial charge in [-0.1, -0.05) is 30.3 Å². The van der Waals surface area contributed by atoms with E-state index in [-0.39, 0.29) is 0 Å². The van der Waals surface area contributed by atoms with Crippen LogP contribution < -0.4 is 5.73 Å². The number of aliphatic hydroxyl groups is 2. The van der Waals surface area contributed by atoms with E-state index in [1.165, 1.54) is 0 Å².